The maximum absolute atomic E-state index is 12.9. The third kappa shape index (κ3) is 4.71. The molecule has 0 bridgehead atoms. The Balaban J connectivity index is 2.24. The van der Waals surface area contributed by atoms with Crippen molar-refractivity contribution in [2.45, 2.75) is 26.7 Å². The molecule has 0 saturated carbocycles. The SMILES string of the molecule is CC(C)CNCCCc1ccc(F)c(F)c1. The van der Waals surface area contributed by atoms with Crippen LogP contribution in [0.1, 0.15) is 25.8 Å². The minimum Gasteiger partial charge on any atom is -0.316 e. The Bertz CT molecular complexity index is 324. The first-order valence-corrected chi connectivity index (χ1v) is 5.74. The monoisotopic (exact) mass is 227 g/mol. The van der Waals surface area contributed by atoms with Crippen molar-refractivity contribution in [2.75, 3.05) is 13.1 Å². The Morgan fingerprint density at radius 3 is 2.56 bits per heavy atom. The number of rotatable bonds is 6. The van der Waals surface area contributed by atoms with Crippen LogP contribution < -0.4 is 5.32 Å². The largest absolute Gasteiger partial charge is 0.316 e. The molecular weight excluding hydrogens is 208 g/mol. The Morgan fingerprint density at radius 1 is 1.19 bits per heavy atom. The van der Waals surface area contributed by atoms with Crippen molar-refractivity contribution in [1.82, 2.24) is 5.32 Å². The molecule has 0 aliphatic heterocycles. The van der Waals surface area contributed by atoms with E-state index in [0.717, 1.165) is 31.5 Å². The van der Waals surface area contributed by atoms with Gasteiger partial charge in [0.1, 0.15) is 0 Å². The molecule has 3 heteroatoms. The zero-order valence-corrected chi connectivity index (χ0v) is 9.89. The van der Waals surface area contributed by atoms with Gasteiger partial charge < -0.3 is 5.32 Å². The lowest BCUT2D eigenvalue weighted by molar-refractivity contribution is 0.506. The van der Waals surface area contributed by atoms with E-state index in [0.29, 0.717) is 5.92 Å². The lowest BCUT2D eigenvalue weighted by Gasteiger charge is -2.07. The third-order valence-electron chi connectivity index (χ3n) is 2.36. The first-order valence-electron chi connectivity index (χ1n) is 5.74. The number of hydrogen-bond donors (Lipinski definition) is 1. The molecule has 0 spiro atoms. The van der Waals surface area contributed by atoms with E-state index in [2.05, 4.69) is 19.2 Å². The highest BCUT2D eigenvalue weighted by molar-refractivity contribution is 5.17. The summed E-state index contributed by atoms with van der Waals surface area (Å²) in [5.74, 6) is -0.891. The second-order valence-corrected chi connectivity index (χ2v) is 4.45. The van der Waals surface area contributed by atoms with E-state index in [1.807, 2.05) is 0 Å². The van der Waals surface area contributed by atoms with Gasteiger partial charge in [-0.05, 0) is 49.5 Å². The molecule has 1 nitrogen and oxygen atoms in total. The van der Waals surface area contributed by atoms with Gasteiger partial charge in [0.15, 0.2) is 11.6 Å². The molecule has 16 heavy (non-hydrogen) atoms. The fourth-order valence-corrected chi connectivity index (χ4v) is 1.50. The molecule has 0 fully saturated rings. The molecule has 0 amide bonds. The fraction of sp³-hybridized carbons (Fsp3) is 0.538. The number of nitrogens with one attached hydrogen (secondary N) is 1. The van der Waals surface area contributed by atoms with E-state index >= 15 is 0 Å². The summed E-state index contributed by atoms with van der Waals surface area (Å²) in [5.41, 5.74) is 0.852. The van der Waals surface area contributed by atoms with Crippen LogP contribution in [0.25, 0.3) is 0 Å². The van der Waals surface area contributed by atoms with Crippen LogP contribution in [-0.4, -0.2) is 13.1 Å². The summed E-state index contributed by atoms with van der Waals surface area (Å²) in [6.07, 6.45) is 1.72. The van der Waals surface area contributed by atoms with Crippen LogP contribution in [0.3, 0.4) is 0 Å². The summed E-state index contributed by atoms with van der Waals surface area (Å²) in [6, 6.07) is 4.10. The highest BCUT2D eigenvalue weighted by atomic mass is 19.2. The predicted octanol–water partition coefficient (Wildman–Crippen LogP) is 3.14. The topological polar surface area (TPSA) is 12.0 Å². The van der Waals surface area contributed by atoms with E-state index in [-0.39, 0.29) is 0 Å². The predicted molar refractivity (Wildman–Crippen MR) is 62.4 cm³/mol. The van der Waals surface area contributed by atoms with Crippen LogP contribution in [0.2, 0.25) is 0 Å². The van der Waals surface area contributed by atoms with Crippen LogP contribution in [0.15, 0.2) is 18.2 Å². The van der Waals surface area contributed by atoms with Gasteiger partial charge in [-0.1, -0.05) is 19.9 Å². The number of halogens is 2. The maximum Gasteiger partial charge on any atom is 0.159 e. The number of aryl methyl sites for hydroxylation is 1. The zero-order valence-electron chi connectivity index (χ0n) is 9.89. The van der Waals surface area contributed by atoms with E-state index < -0.39 is 11.6 Å². The fourth-order valence-electron chi connectivity index (χ4n) is 1.50. The van der Waals surface area contributed by atoms with Crippen molar-refractivity contribution < 1.29 is 8.78 Å². The molecule has 0 aliphatic carbocycles. The Labute approximate surface area is 95.9 Å². The van der Waals surface area contributed by atoms with Crippen LogP contribution in [0, 0.1) is 17.6 Å². The highest BCUT2D eigenvalue weighted by Crippen LogP contribution is 2.10. The minimum atomic E-state index is -0.776. The second kappa shape index (κ2) is 6.59. The number of hydrogen-bond acceptors (Lipinski definition) is 1. The summed E-state index contributed by atoms with van der Waals surface area (Å²) < 4.78 is 25.5. The van der Waals surface area contributed by atoms with Gasteiger partial charge in [-0.2, -0.15) is 0 Å². The maximum atomic E-state index is 12.9. The zero-order chi connectivity index (χ0) is 12.0. The van der Waals surface area contributed by atoms with Crippen molar-refractivity contribution in [2.24, 2.45) is 5.92 Å². The van der Waals surface area contributed by atoms with Gasteiger partial charge in [-0.25, -0.2) is 8.78 Å². The van der Waals surface area contributed by atoms with E-state index in [1.54, 1.807) is 6.07 Å². The molecular formula is C13H19F2N. The molecule has 90 valence electrons. The van der Waals surface area contributed by atoms with Gasteiger partial charge in [0.05, 0.1) is 0 Å². The van der Waals surface area contributed by atoms with Gasteiger partial charge in [0.25, 0.3) is 0 Å². The Morgan fingerprint density at radius 2 is 1.94 bits per heavy atom. The first kappa shape index (κ1) is 13.1. The van der Waals surface area contributed by atoms with Crippen LogP contribution in [0.5, 0.6) is 0 Å². The van der Waals surface area contributed by atoms with Crippen molar-refractivity contribution in [3.05, 3.63) is 35.4 Å². The molecule has 1 aromatic carbocycles. The van der Waals surface area contributed by atoms with Gasteiger partial charge >= 0.3 is 0 Å². The van der Waals surface area contributed by atoms with Crippen LogP contribution in [-0.2, 0) is 6.42 Å². The number of benzene rings is 1. The molecule has 0 heterocycles. The van der Waals surface area contributed by atoms with Crippen LogP contribution >= 0.6 is 0 Å². The van der Waals surface area contributed by atoms with E-state index in [9.17, 15) is 8.78 Å². The molecule has 0 aliphatic rings. The molecule has 0 unspecified atom stereocenters. The lowest BCUT2D eigenvalue weighted by Crippen LogP contribution is -2.21. The van der Waals surface area contributed by atoms with Crippen molar-refractivity contribution in [3.8, 4) is 0 Å². The average Bonchev–Trinajstić information content (AvgIpc) is 2.22. The van der Waals surface area contributed by atoms with Crippen molar-refractivity contribution in [1.29, 1.82) is 0 Å². The minimum absolute atomic E-state index is 0.642. The van der Waals surface area contributed by atoms with Crippen LogP contribution in [0.4, 0.5) is 8.78 Å². The smallest absolute Gasteiger partial charge is 0.159 e. The average molecular weight is 227 g/mol. The van der Waals surface area contributed by atoms with E-state index in [1.165, 1.54) is 12.1 Å². The standard InChI is InChI=1S/C13H19F2N/c1-10(2)9-16-7-3-4-11-5-6-12(14)13(15)8-11/h5-6,8,10,16H,3-4,7,9H2,1-2H3. The van der Waals surface area contributed by atoms with Gasteiger partial charge in [0.2, 0.25) is 0 Å². The molecule has 1 N–H and O–H groups in total. The molecule has 0 atom stereocenters. The van der Waals surface area contributed by atoms with Gasteiger partial charge in [-0.15, -0.1) is 0 Å². The van der Waals surface area contributed by atoms with Crippen molar-refractivity contribution >= 4 is 0 Å². The summed E-state index contributed by atoms with van der Waals surface area (Å²) in [6.45, 7) is 6.22. The van der Waals surface area contributed by atoms with Crippen molar-refractivity contribution in [3.63, 3.8) is 0 Å². The van der Waals surface area contributed by atoms with Gasteiger partial charge in [-0.3, -0.25) is 0 Å². The molecule has 1 aromatic rings. The van der Waals surface area contributed by atoms with Gasteiger partial charge in [0, 0.05) is 0 Å². The summed E-state index contributed by atoms with van der Waals surface area (Å²) in [5, 5.41) is 3.31. The highest BCUT2D eigenvalue weighted by Gasteiger charge is 2.02. The summed E-state index contributed by atoms with van der Waals surface area (Å²) in [7, 11) is 0. The first-order chi connectivity index (χ1) is 7.59. The molecule has 0 saturated heterocycles. The van der Waals surface area contributed by atoms with E-state index in [4.69, 9.17) is 0 Å². The normalized spacial score (nSPS) is 11.1. The summed E-state index contributed by atoms with van der Waals surface area (Å²) in [4.78, 5) is 0. The summed E-state index contributed by atoms with van der Waals surface area (Å²) >= 11 is 0. The molecule has 0 radical (unpaired) electrons. The molecule has 0 aromatic heterocycles. The lowest BCUT2D eigenvalue weighted by atomic mass is 10.1. The second-order valence-electron chi connectivity index (χ2n) is 4.45. The quantitative estimate of drug-likeness (QED) is 0.736. The Hall–Kier alpha value is -0.960. The third-order valence-corrected chi connectivity index (χ3v) is 2.36. The Kier molecular flexibility index (Phi) is 5.39. The molecule has 1 rings (SSSR count).